The Kier molecular flexibility index (Phi) is 4.58. The van der Waals surface area contributed by atoms with E-state index in [1.165, 1.54) is 0 Å². The molecule has 2 rings (SSSR count). The number of carbonyl (C=O) groups is 1. The number of aliphatic hydroxyl groups is 1. The van der Waals surface area contributed by atoms with Gasteiger partial charge in [-0.05, 0) is 39.7 Å². The van der Waals surface area contributed by atoms with Crippen LogP contribution >= 0.6 is 27.5 Å². The number of halogens is 2. The first kappa shape index (κ1) is 14.1. The molecule has 5 heteroatoms. The van der Waals surface area contributed by atoms with Crippen LogP contribution in [0.2, 0.25) is 5.02 Å². The normalized spacial score (nSPS) is 11.9. The Labute approximate surface area is 124 Å². The number of aliphatic hydroxyl groups excluding tert-OH is 1. The predicted octanol–water partition coefficient (Wildman–Crippen LogP) is 3.77. The summed E-state index contributed by atoms with van der Waals surface area (Å²) in [6.07, 6.45) is -1.20. The van der Waals surface area contributed by atoms with Crippen molar-refractivity contribution in [3.63, 3.8) is 0 Å². The van der Waals surface area contributed by atoms with E-state index in [1.807, 2.05) is 6.07 Å². The molecule has 2 N–H and O–H groups in total. The number of nitrogens with one attached hydrogen (secondary N) is 1. The molecule has 19 heavy (non-hydrogen) atoms. The lowest BCUT2D eigenvalue weighted by Crippen LogP contribution is -2.20. The fourth-order valence-corrected chi connectivity index (χ4v) is 2.36. The van der Waals surface area contributed by atoms with E-state index in [-0.39, 0.29) is 0 Å². The Bertz CT molecular complexity index is 589. The molecule has 2 aromatic carbocycles. The lowest BCUT2D eigenvalue weighted by molar-refractivity contribution is -0.124. The number of amides is 1. The van der Waals surface area contributed by atoms with E-state index in [0.29, 0.717) is 20.7 Å². The van der Waals surface area contributed by atoms with Gasteiger partial charge in [0.25, 0.3) is 5.91 Å². The highest BCUT2D eigenvalue weighted by atomic mass is 79.9. The highest BCUT2D eigenvalue weighted by Crippen LogP contribution is 2.26. The SMILES string of the molecule is O=C(Nc1ccc(Cl)cc1Br)C(O)c1ccccc1. The van der Waals surface area contributed by atoms with E-state index in [9.17, 15) is 9.90 Å². The third-order valence-corrected chi connectivity index (χ3v) is 3.44. The summed E-state index contributed by atoms with van der Waals surface area (Å²) in [4.78, 5) is 11.9. The van der Waals surface area contributed by atoms with Gasteiger partial charge in [-0.3, -0.25) is 4.79 Å². The zero-order valence-electron chi connectivity index (χ0n) is 9.81. The first-order chi connectivity index (χ1) is 9.08. The molecular weight excluding hydrogens is 330 g/mol. The second-order valence-electron chi connectivity index (χ2n) is 3.93. The number of carbonyl (C=O) groups excluding carboxylic acids is 1. The molecule has 0 bridgehead atoms. The van der Waals surface area contributed by atoms with Crippen LogP contribution in [0.25, 0.3) is 0 Å². The van der Waals surface area contributed by atoms with E-state index >= 15 is 0 Å². The Morgan fingerprint density at radius 3 is 2.53 bits per heavy atom. The van der Waals surface area contributed by atoms with Crippen molar-refractivity contribution in [2.75, 3.05) is 5.32 Å². The van der Waals surface area contributed by atoms with Crippen LogP contribution in [-0.2, 0) is 4.79 Å². The molecule has 2 aromatic rings. The Morgan fingerprint density at radius 2 is 1.89 bits per heavy atom. The lowest BCUT2D eigenvalue weighted by Gasteiger charge is -2.12. The molecule has 0 saturated heterocycles. The van der Waals surface area contributed by atoms with Crippen LogP contribution in [0.5, 0.6) is 0 Å². The monoisotopic (exact) mass is 339 g/mol. The summed E-state index contributed by atoms with van der Waals surface area (Å²) in [5.74, 6) is -0.491. The summed E-state index contributed by atoms with van der Waals surface area (Å²) in [5.41, 5.74) is 1.11. The van der Waals surface area contributed by atoms with Crippen LogP contribution in [0, 0.1) is 0 Å². The summed E-state index contributed by atoms with van der Waals surface area (Å²) >= 11 is 9.12. The predicted molar refractivity (Wildman–Crippen MR) is 79.2 cm³/mol. The number of benzene rings is 2. The maximum atomic E-state index is 11.9. The van der Waals surface area contributed by atoms with Gasteiger partial charge in [-0.25, -0.2) is 0 Å². The molecule has 0 aliphatic carbocycles. The van der Waals surface area contributed by atoms with Crippen molar-refractivity contribution in [2.45, 2.75) is 6.10 Å². The van der Waals surface area contributed by atoms with Crippen LogP contribution < -0.4 is 5.32 Å². The summed E-state index contributed by atoms with van der Waals surface area (Å²) in [6, 6.07) is 13.8. The zero-order chi connectivity index (χ0) is 13.8. The molecule has 0 saturated carbocycles. The number of hydrogen-bond acceptors (Lipinski definition) is 2. The molecule has 0 aliphatic rings. The molecule has 0 aliphatic heterocycles. The van der Waals surface area contributed by atoms with Gasteiger partial charge in [0, 0.05) is 9.50 Å². The van der Waals surface area contributed by atoms with Gasteiger partial charge in [-0.2, -0.15) is 0 Å². The van der Waals surface area contributed by atoms with E-state index < -0.39 is 12.0 Å². The van der Waals surface area contributed by atoms with Crippen LogP contribution in [-0.4, -0.2) is 11.0 Å². The molecule has 0 radical (unpaired) electrons. The lowest BCUT2D eigenvalue weighted by atomic mass is 10.1. The maximum absolute atomic E-state index is 11.9. The largest absolute Gasteiger partial charge is 0.378 e. The minimum atomic E-state index is -1.20. The number of anilines is 1. The van der Waals surface area contributed by atoms with Crippen LogP contribution in [0.3, 0.4) is 0 Å². The number of rotatable bonds is 3. The minimum absolute atomic E-state index is 0.491. The van der Waals surface area contributed by atoms with Crippen molar-refractivity contribution in [2.24, 2.45) is 0 Å². The molecular formula is C14H11BrClNO2. The summed E-state index contributed by atoms with van der Waals surface area (Å²) in [5, 5.41) is 13.1. The van der Waals surface area contributed by atoms with E-state index in [1.54, 1.807) is 42.5 Å². The maximum Gasteiger partial charge on any atom is 0.257 e. The summed E-state index contributed by atoms with van der Waals surface area (Å²) in [6.45, 7) is 0. The van der Waals surface area contributed by atoms with Crippen LogP contribution in [0.1, 0.15) is 11.7 Å². The van der Waals surface area contributed by atoms with E-state index in [4.69, 9.17) is 11.6 Å². The van der Waals surface area contributed by atoms with Crippen molar-refractivity contribution in [3.05, 3.63) is 63.6 Å². The quantitative estimate of drug-likeness (QED) is 0.893. The minimum Gasteiger partial charge on any atom is -0.378 e. The van der Waals surface area contributed by atoms with Gasteiger partial charge in [0.15, 0.2) is 6.10 Å². The van der Waals surface area contributed by atoms with Gasteiger partial charge in [-0.15, -0.1) is 0 Å². The Balaban J connectivity index is 2.13. The van der Waals surface area contributed by atoms with Crippen molar-refractivity contribution >= 4 is 39.1 Å². The average molecular weight is 341 g/mol. The fraction of sp³-hybridized carbons (Fsp3) is 0.0714. The third kappa shape index (κ3) is 3.56. The zero-order valence-corrected chi connectivity index (χ0v) is 12.1. The van der Waals surface area contributed by atoms with Crippen LogP contribution in [0.15, 0.2) is 53.0 Å². The molecule has 0 spiro atoms. The highest BCUT2D eigenvalue weighted by molar-refractivity contribution is 9.10. The molecule has 0 fully saturated rings. The third-order valence-electron chi connectivity index (χ3n) is 2.55. The van der Waals surface area contributed by atoms with Gasteiger partial charge in [-0.1, -0.05) is 41.9 Å². The summed E-state index contributed by atoms with van der Waals surface area (Å²) in [7, 11) is 0. The first-order valence-electron chi connectivity index (χ1n) is 5.57. The van der Waals surface area contributed by atoms with Crippen LogP contribution in [0.4, 0.5) is 5.69 Å². The van der Waals surface area contributed by atoms with Crippen molar-refractivity contribution in [3.8, 4) is 0 Å². The van der Waals surface area contributed by atoms with E-state index in [2.05, 4.69) is 21.2 Å². The molecule has 1 unspecified atom stereocenters. The summed E-state index contributed by atoms with van der Waals surface area (Å²) < 4.78 is 0.661. The first-order valence-corrected chi connectivity index (χ1v) is 6.74. The molecule has 98 valence electrons. The molecule has 1 amide bonds. The van der Waals surface area contributed by atoms with Gasteiger partial charge in [0.1, 0.15) is 0 Å². The smallest absolute Gasteiger partial charge is 0.257 e. The van der Waals surface area contributed by atoms with E-state index in [0.717, 1.165) is 0 Å². The Hall–Kier alpha value is -1.36. The van der Waals surface area contributed by atoms with Gasteiger partial charge >= 0.3 is 0 Å². The molecule has 0 heterocycles. The fourth-order valence-electron chi connectivity index (χ4n) is 1.58. The van der Waals surface area contributed by atoms with Crippen molar-refractivity contribution in [1.29, 1.82) is 0 Å². The van der Waals surface area contributed by atoms with Crippen molar-refractivity contribution in [1.82, 2.24) is 0 Å². The van der Waals surface area contributed by atoms with Gasteiger partial charge in [0.2, 0.25) is 0 Å². The highest BCUT2D eigenvalue weighted by Gasteiger charge is 2.17. The number of hydrogen-bond donors (Lipinski definition) is 2. The second kappa shape index (κ2) is 6.19. The average Bonchev–Trinajstić information content (AvgIpc) is 2.42. The Morgan fingerprint density at radius 1 is 1.21 bits per heavy atom. The van der Waals surface area contributed by atoms with Gasteiger partial charge in [0.05, 0.1) is 5.69 Å². The second-order valence-corrected chi connectivity index (χ2v) is 5.22. The van der Waals surface area contributed by atoms with Gasteiger partial charge < -0.3 is 10.4 Å². The molecule has 0 aromatic heterocycles. The molecule has 3 nitrogen and oxygen atoms in total. The standard InChI is InChI=1S/C14H11BrClNO2/c15-11-8-10(16)6-7-12(11)17-14(19)13(18)9-4-2-1-3-5-9/h1-8,13,18H,(H,17,19). The topological polar surface area (TPSA) is 49.3 Å². The molecule has 1 atom stereocenters. The van der Waals surface area contributed by atoms with Crippen molar-refractivity contribution < 1.29 is 9.90 Å².